The first kappa shape index (κ1) is 17.6. The van der Waals surface area contributed by atoms with Gasteiger partial charge in [0.2, 0.25) is 5.88 Å². The highest BCUT2D eigenvalue weighted by atomic mass is 16.6. The van der Waals surface area contributed by atoms with Crippen molar-refractivity contribution < 1.29 is 14.8 Å². The van der Waals surface area contributed by atoms with Gasteiger partial charge in [0.05, 0.1) is 21.9 Å². The first-order chi connectivity index (χ1) is 13.5. The van der Waals surface area contributed by atoms with Crippen molar-refractivity contribution in [3.63, 3.8) is 0 Å². The van der Waals surface area contributed by atoms with E-state index in [0.29, 0.717) is 22.7 Å². The number of hydrogen-bond donors (Lipinski definition) is 2. The van der Waals surface area contributed by atoms with Crippen LogP contribution < -0.4 is 10.1 Å². The molecule has 142 valence electrons. The summed E-state index contributed by atoms with van der Waals surface area (Å²) in [5, 5.41) is 29.2. The summed E-state index contributed by atoms with van der Waals surface area (Å²) in [4.78, 5) is 11.5. The van der Waals surface area contributed by atoms with Crippen molar-refractivity contribution in [2.75, 3.05) is 7.05 Å². The standard InChI is InChI=1S/C20H18N4O4/c1-12-16-17(13-7-6-10-15(25)11-13)18(24(26)27)19(21-2)28-20(16)23(22-12)14-8-4-3-5-9-14/h3-11,17,21,25H,1-2H3. The van der Waals surface area contributed by atoms with Gasteiger partial charge in [0.15, 0.2) is 0 Å². The van der Waals surface area contributed by atoms with E-state index < -0.39 is 10.8 Å². The number of nitro groups is 1. The minimum Gasteiger partial charge on any atom is -0.508 e. The van der Waals surface area contributed by atoms with Crippen LogP contribution in [-0.2, 0) is 0 Å². The summed E-state index contributed by atoms with van der Waals surface area (Å²) in [5.41, 5.74) is 2.44. The number of nitrogens with one attached hydrogen (secondary N) is 1. The lowest BCUT2D eigenvalue weighted by molar-refractivity contribution is -0.432. The summed E-state index contributed by atoms with van der Waals surface area (Å²) in [6, 6.07) is 15.9. The largest absolute Gasteiger partial charge is 0.508 e. The number of ether oxygens (including phenoxy) is 1. The van der Waals surface area contributed by atoms with Crippen LogP contribution in [0.1, 0.15) is 22.7 Å². The molecule has 8 nitrogen and oxygen atoms in total. The van der Waals surface area contributed by atoms with Crippen molar-refractivity contribution in [2.24, 2.45) is 0 Å². The number of benzene rings is 2. The fourth-order valence-corrected chi connectivity index (χ4v) is 3.51. The molecule has 1 aliphatic rings. The predicted molar refractivity (Wildman–Crippen MR) is 102 cm³/mol. The molecule has 1 aromatic heterocycles. The summed E-state index contributed by atoms with van der Waals surface area (Å²) >= 11 is 0. The van der Waals surface area contributed by atoms with Gasteiger partial charge >= 0.3 is 5.70 Å². The van der Waals surface area contributed by atoms with Gasteiger partial charge < -0.3 is 15.2 Å². The number of para-hydroxylation sites is 1. The van der Waals surface area contributed by atoms with Gasteiger partial charge in [-0.3, -0.25) is 10.1 Å². The Morgan fingerprint density at radius 1 is 1.21 bits per heavy atom. The molecule has 8 heteroatoms. The topological polar surface area (TPSA) is 102 Å². The molecule has 1 atom stereocenters. The number of phenols is 1. The van der Waals surface area contributed by atoms with E-state index in [-0.39, 0.29) is 17.3 Å². The smallest absolute Gasteiger partial charge is 0.317 e. The molecule has 2 N–H and O–H groups in total. The quantitative estimate of drug-likeness (QED) is 0.534. The number of rotatable bonds is 4. The van der Waals surface area contributed by atoms with Gasteiger partial charge in [0, 0.05) is 7.05 Å². The SMILES string of the molecule is CNC1=C([N+](=O)[O-])C(c2cccc(O)c2)c2c(C)nn(-c3ccccc3)c2O1. The van der Waals surface area contributed by atoms with Crippen molar-refractivity contribution in [2.45, 2.75) is 12.8 Å². The van der Waals surface area contributed by atoms with Gasteiger partial charge in [-0.1, -0.05) is 30.3 Å². The molecule has 0 aliphatic carbocycles. The normalized spacial score (nSPS) is 15.7. The Kier molecular flexibility index (Phi) is 4.23. The molecule has 28 heavy (non-hydrogen) atoms. The zero-order chi connectivity index (χ0) is 19.8. The minimum atomic E-state index is -0.745. The lowest BCUT2D eigenvalue weighted by Crippen LogP contribution is -2.28. The average molecular weight is 378 g/mol. The summed E-state index contributed by atoms with van der Waals surface area (Å²) in [5.74, 6) is -0.256. The molecule has 2 heterocycles. The molecule has 0 bridgehead atoms. The number of hydrogen-bond acceptors (Lipinski definition) is 6. The van der Waals surface area contributed by atoms with E-state index in [9.17, 15) is 15.2 Å². The van der Waals surface area contributed by atoms with E-state index in [1.807, 2.05) is 30.3 Å². The Labute approximate surface area is 160 Å². The number of phenolic OH excluding ortho intramolecular Hbond substituents is 1. The Bertz CT molecular complexity index is 1090. The van der Waals surface area contributed by atoms with Gasteiger partial charge in [-0.2, -0.15) is 5.10 Å². The molecule has 0 spiro atoms. The lowest BCUT2D eigenvalue weighted by Gasteiger charge is -2.24. The highest BCUT2D eigenvalue weighted by Gasteiger charge is 2.43. The third-order valence-electron chi connectivity index (χ3n) is 4.68. The van der Waals surface area contributed by atoms with Crippen molar-refractivity contribution in [1.29, 1.82) is 0 Å². The van der Waals surface area contributed by atoms with Crippen LogP contribution in [0.5, 0.6) is 11.6 Å². The maximum atomic E-state index is 11.9. The van der Waals surface area contributed by atoms with E-state index in [1.165, 1.54) is 12.1 Å². The maximum Gasteiger partial charge on any atom is 0.317 e. The van der Waals surface area contributed by atoms with Crippen LogP contribution in [0.15, 0.2) is 66.2 Å². The second-order valence-electron chi connectivity index (χ2n) is 6.40. The van der Waals surface area contributed by atoms with Gasteiger partial charge in [0.1, 0.15) is 11.7 Å². The van der Waals surface area contributed by atoms with Crippen molar-refractivity contribution in [3.8, 4) is 17.3 Å². The lowest BCUT2D eigenvalue weighted by atomic mass is 9.87. The summed E-state index contributed by atoms with van der Waals surface area (Å²) in [7, 11) is 1.57. The van der Waals surface area contributed by atoms with E-state index in [0.717, 1.165) is 5.69 Å². The van der Waals surface area contributed by atoms with Crippen LogP contribution in [0.25, 0.3) is 5.69 Å². The maximum absolute atomic E-state index is 11.9. The minimum absolute atomic E-state index is 0.0346. The number of fused-ring (bicyclic) bond motifs is 1. The number of allylic oxidation sites excluding steroid dienone is 1. The van der Waals surface area contributed by atoms with Gasteiger partial charge in [-0.15, -0.1) is 0 Å². The zero-order valence-corrected chi connectivity index (χ0v) is 15.3. The molecule has 0 saturated carbocycles. The summed E-state index contributed by atoms with van der Waals surface area (Å²) in [6.45, 7) is 1.79. The molecule has 4 rings (SSSR count). The number of aromatic hydroxyl groups is 1. The van der Waals surface area contributed by atoms with Crippen molar-refractivity contribution in [1.82, 2.24) is 15.1 Å². The van der Waals surface area contributed by atoms with Crippen LogP contribution in [0, 0.1) is 17.0 Å². The van der Waals surface area contributed by atoms with Gasteiger partial charge in [-0.25, -0.2) is 4.68 Å². The molecular weight excluding hydrogens is 360 g/mol. The first-order valence-electron chi connectivity index (χ1n) is 8.69. The molecule has 0 amide bonds. The molecule has 0 saturated heterocycles. The highest BCUT2D eigenvalue weighted by Crippen LogP contribution is 2.45. The Hall–Kier alpha value is -3.81. The van der Waals surface area contributed by atoms with Crippen LogP contribution in [0.2, 0.25) is 0 Å². The average Bonchev–Trinajstić information content (AvgIpc) is 3.03. The fraction of sp³-hybridized carbons (Fsp3) is 0.150. The predicted octanol–water partition coefficient (Wildman–Crippen LogP) is 3.08. The van der Waals surface area contributed by atoms with E-state index in [1.54, 1.807) is 30.8 Å². The molecule has 0 fully saturated rings. The van der Waals surface area contributed by atoms with Crippen molar-refractivity contribution >= 4 is 0 Å². The van der Waals surface area contributed by atoms with Crippen LogP contribution in [-0.4, -0.2) is 26.9 Å². The first-order valence-corrected chi connectivity index (χ1v) is 8.69. The monoisotopic (exact) mass is 378 g/mol. The molecule has 2 aromatic carbocycles. The molecule has 1 unspecified atom stereocenters. The van der Waals surface area contributed by atoms with Crippen LogP contribution >= 0.6 is 0 Å². The molecule has 3 aromatic rings. The Morgan fingerprint density at radius 3 is 2.61 bits per heavy atom. The summed E-state index contributed by atoms with van der Waals surface area (Å²) in [6.07, 6.45) is 0. The molecule has 1 aliphatic heterocycles. The van der Waals surface area contributed by atoms with Crippen molar-refractivity contribution in [3.05, 3.63) is 93.1 Å². The molecule has 0 radical (unpaired) electrons. The van der Waals surface area contributed by atoms with Gasteiger partial charge in [-0.05, 0) is 36.8 Å². The number of aromatic nitrogens is 2. The van der Waals surface area contributed by atoms with E-state index in [4.69, 9.17) is 4.74 Å². The summed E-state index contributed by atoms with van der Waals surface area (Å²) < 4.78 is 7.54. The molecular formula is C20H18N4O4. The zero-order valence-electron chi connectivity index (χ0n) is 15.3. The van der Waals surface area contributed by atoms with Crippen LogP contribution in [0.3, 0.4) is 0 Å². The van der Waals surface area contributed by atoms with E-state index in [2.05, 4.69) is 10.4 Å². The second-order valence-corrected chi connectivity index (χ2v) is 6.40. The number of aryl methyl sites for hydroxylation is 1. The highest BCUT2D eigenvalue weighted by molar-refractivity contribution is 5.53. The van der Waals surface area contributed by atoms with Gasteiger partial charge in [0.25, 0.3) is 5.88 Å². The van der Waals surface area contributed by atoms with Crippen LogP contribution in [0.4, 0.5) is 0 Å². The Morgan fingerprint density at radius 2 is 1.96 bits per heavy atom. The Balaban J connectivity index is 2.00. The fourth-order valence-electron chi connectivity index (χ4n) is 3.51. The number of nitrogens with zero attached hydrogens (tertiary/aromatic N) is 3. The van der Waals surface area contributed by atoms with E-state index >= 15 is 0 Å². The third kappa shape index (κ3) is 2.75. The second kappa shape index (κ2) is 6.73. The third-order valence-corrected chi connectivity index (χ3v) is 4.68.